The monoisotopic (exact) mass is 464 g/mol. The van der Waals surface area contributed by atoms with Crippen molar-refractivity contribution in [3.05, 3.63) is 64.8 Å². The molecule has 0 bridgehead atoms. The molecular weight excluding hydrogens is 432 g/mol. The average molecular weight is 465 g/mol. The molecular formula is C27H32N2O3S. The van der Waals surface area contributed by atoms with Crippen molar-refractivity contribution in [1.29, 1.82) is 0 Å². The summed E-state index contributed by atoms with van der Waals surface area (Å²) < 4.78 is 28.8. The van der Waals surface area contributed by atoms with Crippen LogP contribution < -0.4 is 0 Å². The van der Waals surface area contributed by atoms with Crippen LogP contribution in [0.2, 0.25) is 0 Å². The average Bonchev–Trinajstić information content (AvgIpc) is 3.10. The number of carbonyl (C=O) groups excluding carboxylic acids is 1. The van der Waals surface area contributed by atoms with Crippen LogP contribution in [-0.4, -0.2) is 36.6 Å². The maximum absolute atomic E-state index is 13.6. The van der Waals surface area contributed by atoms with Crippen LogP contribution in [0.15, 0.2) is 47.4 Å². The number of H-pyrrole nitrogens is 1. The molecule has 0 saturated carbocycles. The Morgan fingerprint density at radius 3 is 2.45 bits per heavy atom. The number of benzene rings is 2. The Kier molecular flexibility index (Phi) is 5.49. The summed E-state index contributed by atoms with van der Waals surface area (Å²) in [7, 11) is -3.59. The third kappa shape index (κ3) is 4.15. The predicted molar refractivity (Wildman–Crippen MR) is 131 cm³/mol. The number of nitrogens with zero attached hydrogens (tertiary/aromatic N) is 1. The van der Waals surface area contributed by atoms with E-state index >= 15 is 0 Å². The third-order valence-corrected chi connectivity index (χ3v) is 9.34. The predicted octanol–water partition coefficient (Wildman–Crippen LogP) is 5.27. The fourth-order valence-corrected chi connectivity index (χ4v) is 7.32. The third-order valence-electron chi connectivity index (χ3n) is 7.30. The highest BCUT2D eigenvalue weighted by Gasteiger charge is 2.35. The van der Waals surface area contributed by atoms with Gasteiger partial charge in [-0.25, -0.2) is 8.42 Å². The van der Waals surface area contributed by atoms with Crippen LogP contribution in [-0.2, 0) is 22.9 Å². The minimum atomic E-state index is -3.59. The number of ketones is 1. The summed E-state index contributed by atoms with van der Waals surface area (Å²) in [5.41, 5.74) is 4.36. The van der Waals surface area contributed by atoms with Gasteiger partial charge in [0.15, 0.2) is 5.78 Å². The Morgan fingerprint density at radius 1 is 1.06 bits per heavy atom. The van der Waals surface area contributed by atoms with Gasteiger partial charge < -0.3 is 4.98 Å². The molecule has 1 aromatic heterocycles. The van der Waals surface area contributed by atoms with Crippen molar-refractivity contribution in [2.75, 3.05) is 13.1 Å². The zero-order chi connectivity index (χ0) is 23.4. The van der Waals surface area contributed by atoms with Crippen LogP contribution in [0.1, 0.15) is 60.3 Å². The number of fused-ring (bicyclic) bond motifs is 3. The molecule has 2 aromatic carbocycles. The standard InChI is InChI=1S/C27H32N2O3S/c1-18-13-21-22(28-23-16-27(2,3)17-24(30)26(21)23)15-25(18)33(31,32)29-11-9-20(10-12-29)14-19-7-5-4-6-8-19/h4-8,13,15,20,28H,9-12,14,16-17H2,1-3H3. The van der Waals surface area contributed by atoms with Crippen molar-refractivity contribution in [3.8, 4) is 0 Å². The van der Waals surface area contributed by atoms with E-state index in [4.69, 9.17) is 0 Å². The maximum Gasteiger partial charge on any atom is 0.243 e. The minimum Gasteiger partial charge on any atom is -0.358 e. The molecule has 0 radical (unpaired) electrons. The van der Waals surface area contributed by atoms with Crippen molar-refractivity contribution >= 4 is 26.7 Å². The van der Waals surface area contributed by atoms with E-state index in [0.29, 0.717) is 35.9 Å². The van der Waals surface area contributed by atoms with Gasteiger partial charge >= 0.3 is 0 Å². The number of piperidine rings is 1. The molecule has 1 N–H and O–H groups in total. The van der Waals surface area contributed by atoms with Crippen molar-refractivity contribution in [2.24, 2.45) is 11.3 Å². The summed E-state index contributed by atoms with van der Waals surface area (Å²) in [6.07, 6.45) is 4.05. The Bertz CT molecular complexity index is 1310. The summed E-state index contributed by atoms with van der Waals surface area (Å²) >= 11 is 0. The number of hydrogen-bond donors (Lipinski definition) is 1. The first-order chi connectivity index (χ1) is 15.6. The van der Waals surface area contributed by atoms with E-state index in [0.717, 1.165) is 47.8 Å². The van der Waals surface area contributed by atoms with E-state index in [1.54, 1.807) is 10.4 Å². The Labute approximate surface area is 196 Å². The summed E-state index contributed by atoms with van der Waals surface area (Å²) in [6, 6.07) is 14.1. The number of nitrogens with one attached hydrogen (secondary N) is 1. The largest absolute Gasteiger partial charge is 0.358 e. The van der Waals surface area contributed by atoms with Crippen molar-refractivity contribution < 1.29 is 13.2 Å². The van der Waals surface area contributed by atoms with Crippen LogP contribution in [0.5, 0.6) is 0 Å². The highest BCUT2D eigenvalue weighted by Crippen LogP contribution is 2.39. The van der Waals surface area contributed by atoms with Gasteiger partial charge in [-0.1, -0.05) is 44.2 Å². The molecule has 0 unspecified atom stereocenters. The molecule has 174 valence electrons. The fraction of sp³-hybridized carbons (Fsp3) is 0.444. The van der Waals surface area contributed by atoms with Gasteiger partial charge in [0, 0.05) is 41.7 Å². The second-order valence-corrected chi connectivity index (χ2v) is 12.5. The van der Waals surface area contributed by atoms with E-state index in [-0.39, 0.29) is 11.2 Å². The Morgan fingerprint density at radius 2 is 1.76 bits per heavy atom. The number of aromatic nitrogens is 1. The van der Waals surface area contributed by atoms with Gasteiger partial charge in [-0.15, -0.1) is 0 Å². The van der Waals surface area contributed by atoms with Crippen molar-refractivity contribution in [1.82, 2.24) is 9.29 Å². The topological polar surface area (TPSA) is 70.2 Å². The van der Waals surface area contributed by atoms with E-state index < -0.39 is 10.0 Å². The quantitative estimate of drug-likeness (QED) is 0.571. The summed E-state index contributed by atoms with van der Waals surface area (Å²) in [6.45, 7) is 7.13. The Balaban J connectivity index is 1.39. The molecule has 1 saturated heterocycles. The fourth-order valence-electron chi connectivity index (χ4n) is 5.62. The van der Waals surface area contributed by atoms with Gasteiger partial charge in [0.05, 0.1) is 4.90 Å². The lowest BCUT2D eigenvalue weighted by molar-refractivity contribution is 0.0913. The minimum absolute atomic E-state index is 0.0843. The molecule has 2 aliphatic rings. The number of sulfonamides is 1. The maximum atomic E-state index is 13.6. The van der Waals surface area contributed by atoms with Crippen LogP contribution in [0.25, 0.3) is 10.9 Å². The molecule has 5 nitrogen and oxygen atoms in total. The van der Waals surface area contributed by atoms with E-state index in [1.165, 1.54) is 5.56 Å². The molecule has 1 aliphatic heterocycles. The highest BCUT2D eigenvalue weighted by atomic mass is 32.2. The summed E-state index contributed by atoms with van der Waals surface area (Å²) in [5.74, 6) is 0.648. The number of aromatic amines is 1. The van der Waals surface area contributed by atoms with E-state index in [9.17, 15) is 13.2 Å². The van der Waals surface area contributed by atoms with Crippen LogP contribution in [0.4, 0.5) is 0 Å². The van der Waals surface area contributed by atoms with Gasteiger partial charge in [-0.2, -0.15) is 4.31 Å². The number of hydrogen-bond acceptors (Lipinski definition) is 3. The summed E-state index contributed by atoms with van der Waals surface area (Å²) in [5, 5.41) is 0.850. The molecule has 33 heavy (non-hydrogen) atoms. The van der Waals surface area contributed by atoms with Gasteiger partial charge in [0.1, 0.15) is 0 Å². The first kappa shape index (κ1) is 22.4. The normalized spacial score (nSPS) is 19.7. The molecule has 2 heterocycles. The van der Waals surface area contributed by atoms with Crippen LogP contribution in [0, 0.1) is 18.3 Å². The molecule has 1 fully saturated rings. The molecule has 3 aromatic rings. The van der Waals surface area contributed by atoms with Gasteiger partial charge in [0.2, 0.25) is 10.0 Å². The SMILES string of the molecule is Cc1cc2c3c([nH]c2cc1S(=O)(=O)N1CCC(Cc2ccccc2)CC1)CC(C)(C)CC3=O. The number of aryl methyl sites for hydroxylation is 1. The highest BCUT2D eigenvalue weighted by molar-refractivity contribution is 7.89. The van der Waals surface area contributed by atoms with E-state index in [1.807, 2.05) is 19.1 Å². The zero-order valence-corrected chi connectivity index (χ0v) is 20.5. The summed E-state index contributed by atoms with van der Waals surface area (Å²) in [4.78, 5) is 16.6. The zero-order valence-electron chi connectivity index (χ0n) is 19.6. The van der Waals surface area contributed by atoms with Crippen molar-refractivity contribution in [3.63, 3.8) is 0 Å². The molecule has 0 amide bonds. The van der Waals surface area contributed by atoms with Crippen molar-refractivity contribution in [2.45, 2.75) is 57.8 Å². The molecule has 6 heteroatoms. The van der Waals surface area contributed by atoms with E-state index in [2.05, 4.69) is 43.1 Å². The number of rotatable bonds is 4. The lowest BCUT2D eigenvalue weighted by atomic mass is 9.76. The van der Waals surface area contributed by atoms with Crippen LogP contribution in [0.3, 0.4) is 0 Å². The Hall–Kier alpha value is -2.44. The molecule has 0 spiro atoms. The lowest BCUT2D eigenvalue weighted by Gasteiger charge is -2.31. The number of Topliss-reactive ketones (excluding diaryl/α,β-unsaturated/α-hetero) is 1. The first-order valence-corrected chi connectivity index (χ1v) is 13.3. The molecule has 5 rings (SSSR count). The number of carbonyl (C=O) groups is 1. The van der Waals surface area contributed by atoms with Gasteiger partial charge in [0.25, 0.3) is 0 Å². The van der Waals surface area contributed by atoms with Gasteiger partial charge in [-0.3, -0.25) is 4.79 Å². The second-order valence-electron chi connectivity index (χ2n) is 10.6. The lowest BCUT2D eigenvalue weighted by Crippen LogP contribution is -2.39. The van der Waals surface area contributed by atoms with Crippen LogP contribution >= 0.6 is 0 Å². The molecule has 0 atom stereocenters. The molecule has 1 aliphatic carbocycles. The first-order valence-electron chi connectivity index (χ1n) is 11.9. The second kappa shape index (κ2) is 8.10. The van der Waals surface area contributed by atoms with Gasteiger partial charge in [-0.05, 0) is 67.2 Å². The smallest absolute Gasteiger partial charge is 0.243 e.